The lowest BCUT2D eigenvalue weighted by atomic mass is 9.85. The summed E-state index contributed by atoms with van der Waals surface area (Å²) in [6.45, 7) is 6.43. The second-order valence-electron chi connectivity index (χ2n) is 5.61. The van der Waals surface area contributed by atoms with Gasteiger partial charge in [-0.2, -0.15) is 9.97 Å². The molecule has 2 rings (SSSR count). The summed E-state index contributed by atoms with van der Waals surface area (Å²) in [4.78, 5) is 15.3. The van der Waals surface area contributed by atoms with Crippen LogP contribution in [0.25, 0.3) is 11.2 Å². The number of aromatic amines is 1. The van der Waals surface area contributed by atoms with Crippen molar-refractivity contribution in [1.82, 2.24) is 19.9 Å². The first-order chi connectivity index (χ1) is 8.91. The summed E-state index contributed by atoms with van der Waals surface area (Å²) in [5.41, 5.74) is 6.92. The molecule has 19 heavy (non-hydrogen) atoms. The van der Waals surface area contributed by atoms with Gasteiger partial charge in [0.05, 0.1) is 6.33 Å². The maximum absolute atomic E-state index is 9.19. The van der Waals surface area contributed by atoms with E-state index in [1.807, 2.05) is 0 Å². The fourth-order valence-corrected chi connectivity index (χ4v) is 1.97. The number of nitrogens with one attached hydrogen (secondary N) is 2. The number of nitrogens with zero attached hydrogens (tertiary/aromatic N) is 3. The molecule has 7 nitrogen and oxygen atoms in total. The summed E-state index contributed by atoms with van der Waals surface area (Å²) in [6, 6.07) is 0.0679. The molecule has 2 aromatic rings. The average Bonchev–Trinajstić information content (AvgIpc) is 2.74. The summed E-state index contributed by atoms with van der Waals surface area (Å²) in [6.07, 6.45) is 2.19. The fourth-order valence-electron chi connectivity index (χ4n) is 1.97. The van der Waals surface area contributed by atoms with E-state index in [-0.39, 0.29) is 24.0 Å². The molecule has 2 aromatic heterocycles. The molecule has 0 fully saturated rings. The van der Waals surface area contributed by atoms with Crippen molar-refractivity contribution in [3.8, 4) is 0 Å². The third-order valence-electron chi connectivity index (χ3n) is 3.08. The molecule has 0 aliphatic rings. The molecule has 0 saturated carbocycles. The molecule has 5 N–H and O–H groups in total. The van der Waals surface area contributed by atoms with Crippen LogP contribution in [0.5, 0.6) is 0 Å². The normalized spacial score (nSPS) is 13.7. The van der Waals surface area contributed by atoms with Crippen LogP contribution in [0.15, 0.2) is 6.33 Å². The lowest BCUT2D eigenvalue weighted by Gasteiger charge is -2.31. The van der Waals surface area contributed by atoms with E-state index in [9.17, 15) is 5.11 Å². The summed E-state index contributed by atoms with van der Waals surface area (Å²) in [5, 5.41) is 12.5. The largest absolute Gasteiger partial charge is 0.396 e. The molecule has 1 atom stereocenters. The van der Waals surface area contributed by atoms with Crippen molar-refractivity contribution in [2.45, 2.75) is 33.2 Å². The van der Waals surface area contributed by atoms with E-state index >= 15 is 0 Å². The van der Waals surface area contributed by atoms with Crippen LogP contribution in [-0.4, -0.2) is 37.7 Å². The highest BCUT2D eigenvalue weighted by Crippen LogP contribution is 2.27. The van der Waals surface area contributed by atoms with Gasteiger partial charge in [0.2, 0.25) is 5.95 Å². The summed E-state index contributed by atoms with van der Waals surface area (Å²) in [7, 11) is 0. The summed E-state index contributed by atoms with van der Waals surface area (Å²) >= 11 is 0. The Labute approximate surface area is 111 Å². The SMILES string of the molecule is CC(C)(C)C(CCO)Nc1nc(N)nc2nc[nH]c12. The van der Waals surface area contributed by atoms with Crippen LogP contribution in [0.3, 0.4) is 0 Å². The summed E-state index contributed by atoms with van der Waals surface area (Å²) in [5.74, 6) is 0.798. The Morgan fingerprint density at radius 1 is 1.42 bits per heavy atom. The number of aromatic nitrogens is 4. The van der Waals surface area contributed by atoms with Gasteiger partial charge >= 0.3 is 0 Å². The predicted molar refractivity (Wildman–Crippen MR) is 74.7 cm³/mol. The molecule has 0 spiro atoms. The third kappa shape index (κ3) is 2.93. The first kappa shape index (κ1) is 13.5. The van der Waals surface area contributed by atoms with Gasteiger partial charge in [0.25, 0.3) is 0 Å². The Bertz CT molecular complexity index is 559. The van der Waals surface area contributed by atoms with Gasteiger partial charge in [0.15, 0.2) is 11.5 Å². The number of nitrogen functional groups attached to an aromatic ring is 1. The Balaban J connectivity index is 2.35. The van der Waals surface area contributed by atoms with E-state index in [0.29, 0.717) is 17.9 Å². The Morgan fingerprint density at radius 2 is 2.16 bits per heavy atom. The van der Waals surface area contributed by atoms with Gasteiger partial charge < -0.3 is 21.1 Å². The molecule has 0 aromatic carbocycles. The molecule has 104 valence electrons. The smallest absolute Gasteiger partial charge is 0.224 e. The molecular formula is C12H20N6O. The molecular weight excluding hydrogens is 244 g/mol. The highest BCUT2D eigenvalue weighted by molar-refractivity contribution is 5.83. The monoisotopic (exact) mass is 264 g/mol. The number of H-pyrrole nitrogens is 1. The van der Waals surface area contributed by atoms with Gasteiger partial charge in [-0.15, -0.1) is 0 Å². The molecule has 0 amide bonds. The third-order valence-corrected chi connectivity index (χ3v) is 3.08. The van der Waals surface area contributed by atoms with Crippen molar-refractivity contribution in [3.05, 3.63) is 6.33 Å². The van der Waals surface area contributed by atoms with Crippen molar-refractivity contribution in [1.29, 1.82) is 0 Å². The van der Waals surface area contributed by atoms with E-state index in [1.54, 1.807) is 6.33 Å². The zero-order valence-corrected chi connectivity index (χ0v) is 11.4. The first-order valence-electron chi connectivity index (χ1n) is 6.26. The van der Waals surface area contributed by atoms with Gasteiger partial charge in [-0.25, -0.2) is 4.98 Å². The van der Waals surface area contributed by atoms with E-state index in [1.165, 1.54) is 0 Å². The number of fused-ring (bicyclic) bond motifs is 1. The van der Waals surface area contributed by atoms with Crippen LogP contribution >= 0.6 is 0 Å². The molecule has 2 heterocycles. The minimum absolute atomic E-state index is 0.0191. The number of anilines is 2. The number of aliphatic hydroxyl groups is 1. The lowest BCUT2D eigenvalue weighted by molar-refractivity contribution is 0.235. The minimum atomic E-state index is -0.0191. The molecule has 0 bridgehead atoms. The zero-order valence-electron chi connectivity index (χ0n) is 11.4. The topological polar surface area (TPSA) is 113 Å². The standard InChI is InChI=1S/C12H20N6O/c1-12(2,3)7(4-5-19)16-10-8-9(15-6-14-8)17-11(13)18-10/h6-7,19H,4-5H2,1-3H3,(H4,13,14,15,16,17,18). The van der Waals surface area contributed by atoms with Gasteiger partial charge in [0.1, 0.15) is 5.52 Å². The van der Waals surface area contributed by atoms with Crippen LogP contribution in [0.1, 0.15) is 27.2 Å². The second kappa shape index (κ2) is 5.00. The number of aliphatic hydroxyl groups excluding tert-OH is 1. The highest BCUT2D eigenvalue weighted by Gasteiger charge is 2.25. The average molecular weight is 264 g/mol. The summed E-state index contributed by atoms with van der Waals surface area (Å²) < 4.78 is 0. The van der Waals surface area contributed by atoms with Crippen LogP contribution in [0, 0.1) is 5.41 Å². The van der Waals surface area contributed by atoms with Crippen LogP contribution in [0.4, 0.5) is 11.8 Å². The minimum Gasteiger partial charge on any atom is -0.396 e. The van der Waals surface area contributed by atoms with Crippen molar-refractivity contribution in [2.24, 2.45) is 5.41 Å². The van der Waals surface area contributed by atoms with Crippen LogP contribution < -0.4 is 11.1 Å². The highest BCUT2D eigenvalue weighted by atomic mass is 16.3. The number of hydrogen-bond donors (Lipinski definition) is 4. The van der Waals surface area contributed by atoms with Crippen molar-refractivity contribution < 1.29 is 5.11 Å². The van der Waals surface area contributed by atoms with Gasteiger partial charge in [-0.3, -0.25) is 0 Å². The fraction of sp³-hybridized carbons (Fsp3) is 0.583. The number of rotatable bonds is 4. The van der Waals surface area contributed by atoms with Gasteiger partial charge in [0, 0.05) is 12.6 Å². The zero-order chi connectivity index (χ0) is 14.0. The predicted octanol–water partition coefficient (Wildman–Crippen LogP) is 1.14. The van der Waals surface area contributed by atoms with Crippen molar-refractivity contribution >= 4 is 22.9 Å². The van der Waals surface area contributed by atoms with Crippen molar-refractivity contribution in [3.63, 3.8) is 0 Å². The Kier molecular flexibility index (Phi) is 3.57. The van der Waals surface area contributed by atoms with Gasteiger partial charge in [-0.1, -0.05) is 20.8 Å². The number of hydrogen-bond acceptors (Lipinski definition) is 6. The van der Waals surface area contributed by atoms with E-state index < -0.39 is 0 Å². The van der Waals surface area contributed by atoms with E-state index in [0.717, 1.165) is 5.52 Å². The second-order valence-corrected chi connectivity index (χ2v) is 5.61. The number of imidazole rings is 1. The van der Waals surface area contributed by atoms with E-state index in [4.69, 9.17) is 5.73 Å². The maximum Gasteiger partial charge on any atom is 0.224 e. The molecule has 7 heteroatoms. The molecule has 1 unspecified atom stereocenters. The van der Waals surface area contributed by atoms with Crippen molar-refractivity contribution in [2.75, 3.05) is 17.7 Å². The maximum atomic E-state index is 9.19. The van der Waals surface area contributed by atoms with E-state index in [2.05, 4.69) is 46.0 Å². The quantitative estimate of drug-likeness (QED) is 0.658. The first-order valence-corrected chi connectivity index (χ1v) is 6.26. The molecule has 0 radical (unpaired) electrons. The van der Waals surface area contributed by atoms with Gasteiger partial charge in [-0.05, 0) is 11.8 Å². The van der Waals surface area contributed by atoms with Crippen LogP contribution in [0.2, 0.25) is 0 Å². The molecule has 0 aliphatic heterocycles. The molecule has 0 saturated heterocycles. The molecule has 0 aliphatic carbocycles. The Hall–Kier alpha value is -1.89. The number of nitrogens with two attached hydrogens (primary N) is 1. The lowest BCUT2D eigenvalue weighted by Crippen LogP contribution is -2.35. The Morgan fingerprint density at radius 3 is 2.79 bits per heavy atom. The van der Waals surface area contributed by atoms with Crippen LogP contribution in [-0.2, 0) is 0 Å².